The summed E-state index contributed by atoms with van der Waals surface area (Å²) < 4.78 is 3.90. The minimum Gasteiger partial charge on any atom is -1.00 e. The van der Waals surface area contributed by atoms with Gasteiger partial charge < -0.3 is 24.8 Å². The molecule has 184 valence electrons. The predicted octanol–water partition coefficient (Wildman–Crippen LogP) is 2.63. The number of allylic oxidation sites excluding steroid dienone is 4. The van der Waals surface area contributed by atoms with Crippen LogP contribution in [0.2, 0.25) is 0 Å². The average Bonchev–Trinajstić information content (AvgIpc) is 3.40. The maximum atomic E-state index is 2.53. The molecule has 0 fully saturated rings. The van der Waals surface area contributed by atoms with Crippen LogP contribution in [0, 0.1) is 5.92 Å². The maximum absolute atomic E-state index is 2.53. The molecule has 4 aromatic rings. The minimum absolute atomic E-state index is 0. The first kappa shape index (κ1) is 27.7. The van der Waals surface area contributed by atoms with Gasteiger partial charge in [-0.05, 0) is 0 Å². The zero-order chi connectivity index (χ0) is 23.9. The van der Waals surface area contributed by atoms with E-state index in [0.29, 0.717) is 9.54 Å². The molecule has 1 atom stereocenters. The molecule has 0 bridgehead atoms. The van der Waals surface area contributed by atoms with Gasteiger partial charge in [-0.2, -0.15) is 0 Å². The third-order valence-electron chi connectivity index (χ3n) is 7.79. The van der Waals surface area contributed by atoms with Crippen molar-refractivity contribution in [3.63, 3.8) is 0 Å². The Labute approximate surface area is 241 Å². The second-order valence-electron chi connectivity index (χ2n) is 9.79. The predicted molar refractivity (Wildman–Crippen MR) is 146 cm³/mol. The van der Waals surface area contributed by atoms with Crippen LogP contribution in [0.25, 0.3) is 16.7 Å². The zero-order valence-electron chi connectivity index (χ0n) is 21.4. The summed E-state index contributed by atoms with van der Waals surface area (Å²) in [7, 11) is 0. The zero-order valence-corrected chi connectivity index (χ0v) is 25.4. The molecule has 0 saturated heterocycles. The van der Waals surface area contributed by atoms with Crippen LogP contribution in [0.15, 0.2) is 124 Å². The Hall–Kier alpha value is -2.31. The van der Waals surface area contributed by atoms with E-state index in [9.17, 15) is 0 Å². The Morgan fingerprint density at radius 1 is 0.649 bits per heavy atom. The first-order valence-corrected chi connectivity index (χ1v) is 16.5. The van der Waals surface area contributed by atoms with Gasteiger partial charge in [0.25, 0.3) is 0 Å². The van der Waals surface area contributed by atoms with Crippen LogP contribution in [0.5, 0.6) is 0 Å². The summed E-state index contributed by atoms with van der Waals surface area (Å²) in [5.41, 5.74) is 11.7. The summed E-state index contributed by atoms with van der Waals surface area (Å²) in [4.78, 5) is 0. The fraction of sp³-hybridized carbons (Fsp3) is 0.147. The van der Waals surface area contributed by atoms with Crippen LogP contribution in [-0.4, -0.2) is 3.21 Å². The Morgan fingerprint density at radius 2 is 1.14 bits per heavy atom. The van der Waals surface area contributed by atoms with Gasteiger partial charge in [0.15, 0.2) is 0 Å². The van der Waals surface area contributed by atoms with E-state index >= 15 is 0 Å². The third kappa shape index (κ3) is 4.83. The summed E-state index contributed by atoms with van der Waals surface area (Å²) in [5, 5.41) is 0. The van der Waals surface area contributed by atoms with Crippen molar-refractivity contribution in [2.45, 2.75) is 24.4 Å². The van der Waals surface area contributed by atoms with Crippen molar-refractivity contribution < 1.29 is 46.1 Å². The van der Waals surface area contributed by atoms with Crippen molar-refractivity contribution in [3.8, 4) is 11.1 Å². The molecule has 0 saturated carbocycles. The van der Waals surface area contributed by atoms with Crippen molar-refractivity contribution in [2.24, 2.45) is 5.92 Å². The van der Waals surface area contributed by atoms with Crippen LogP contribution >= 0.6 is 0 Å². The van der Waals surface area contributed by atoms with E-state index in [4.69, 9.17) is 0 Å². The first-order valence-electron chi connectivity index (χ1n) is 12.6. The van der Waals surface area contributed by atoms with Crippen molar-refractivity contribution in [2.75, 3.05) is 0 Å². The molecule has 2 aliphatic rings. The van der Waals surface area contributed by atoms with Crippen molar-refractivity contribution >= 4 is 8.78 Å². The molecule has 0 N–H and O–H groups in total. The van der Waals surface area contributed by atoms with Gasteiger partial charge in [-0.3, -0.25) is 0 Å². The van der Waals surface area contributed by atoms with E-state index < -0.39 is 21.3 Å². The molecule has 0 aromatic heterocycles. The molecule has 1 unspecified atom stereocenters. The van der Waals surface area contributed by atoms with Gasteiger partial charge >= 0.3 is 218 Å². The minimum atomic E-state index is -2.48. The monoisotopic (exact) mass is 598 g/mol. The number of hydrogen-bond acceptors (Lipinski definition) is 0. The SMILES string of the molecule is CC1=[C](/[Zr+2](=[C](\C)c2ccccc2)[CH]2c3ccccc3-c3ccccc32)C(C)C=C1c1ccccc1.[Cl-].[Cl-]. The quantitative estimate of drug-likeness (QED) is 0.338. The second-order valence-corrected chi connectivity index (χ2v) is 16.4. The van der Waals surface area contributed by atoms with Gasteiger partial charge in [0.2, 0.25) is 0 Å². The Bertz CT molecular complexity index is 1470. The third-order valence-corrected chi connectivity index (χ3v) is 16.9. The number of rotatable bonds is 4. The standard InChI is InChI=1S/C13H9.C13H13.C8H8.2ClH.Zr/c1-3-7-12-10(5-1)9-11-6-2-4-8-13(11)12;1-10-8-11(2)13(9-10)12-6-4-3-5-7-12;1-2-8-6-4-3-5-7-8;;;/h1-9H;3-7,9-10H,1-2H3;3-7H,1H3;2*1H;/q;;;;;+2/p-2. The molecule has 0 amide bonds. The Kier molecular flexibility index (Phi) is 8.70. The van der Waals surface area contributed by atoms with Crippen LogP contribution in [-0.2, 0) is 21.3 Å². The van der Waals surface area contributed by atoms with Crippen LogP contribution in [0.4, 0.5) is 0 Å². The van der Waals surface area contributed by atoms with Gasteiger partial charge in [-0.25, -0.2) is 0 Å². The summed E-state index contributed by atoms with van der Waals surface area (Å²) in [6.07, 6.45) is 2.53. The van der Waals surface area contributed by atoms with Gasteiger partial charge in [0.1, 0.15) is 0 Å². The van der Waals surface area contributed by atoms with Gasteiger partial charge in [0.05, 0.1) is 0 Å². The van der Waals surface area contributed by atoms with Crippen molar-refractivity contribution in [1.82, 2.24) is 0 Å². The fourth-order valence-electron chi connectivity index (χ4n) is 6.21. The van der Waals surface area contributed by atoms with Gasteiger partial charge in [-0.15, -0.1) is 0 Å². The largest absolute Gasteiger partial charge is 1.00 e. The summed E-state index contributed by atoms with van der Waals surface area (Å²) in [6, 6.07) is 40.5. The summed E-state index contributed by atoms with van der Waals surface area (Å²) in [5.74, 6) is 0.471. The molecular weight excluding hydrogens is 571 g/mol. The molecule has 0 nitrogen and oxygen atoms in total. The van der Waals surface area contributed by atoms with Crippen LogP contribution in [0.1, 0.15) is 46.7 Å². The molecule has 37 heavy (non-hydrogen) atoms. The molecule has 0 aliphatic heterocycles. The molecule has 2 aliphatic carbocycles. The topological polar surface area (TPSA) is 0 Å². The summed E-state index contributed by atoms with van der Waals surface area (Å²) >= 11 is -2.48. The number of halogens is 2. The van der Waals surface area contributed by atoms with Gasteiger partial charge in [-0.1, -0.05) is 0 Å². The molecular formula is C34H30Cl2Zr. The van der Waals surface area contributed by atoms with Crippen LogP contribution < -0.4 is 24.8 Å². The molecule has 4 aromatic carbocycles. The second kappa shape index (κ2) is 11.6. The Morgan fingerprint density at radius 3 is 1.70 bits per heavy atom. The van der Waals surface area contributed by atoms with E-state index in [1.165, 1.54) is 33.4 Å². The fourth-order valence-corrected chi connectivity index (χ4v) is 15.7. The number of hydrogen-bond donors (Lipinski definition) is 0. The molecule has 0 spiro atoms. The van der Waals surface area contributed by atoms with Gasteiger partial charge in [0, 0.05) is 0 Å². The van der Waals surface area contributed by atoms with Crippen molar-refractivity contribution in [3.05, 3.63) is 146 Å². The smallest absolute Gasteiger partial charge is 1.00 e. The first-order chi connectivity index (χ1) is 17.1. The summed E-state index contributed by atoms with van der Waals surface area (Å²) in [6.45, 7) is 7.27. The normalized spacial score (nSPS) is 16.2. The number of fused-ring (bicyclic) bond motifs is 3. The van der Waals surface area contributed by atoms with E-state index in [-0.39, 0.29) is 24.8 Å². The number of benzene rings is 4. The molecule has 0 heterocycles. The van der Waals surface area contributed by atoms with Crippen LogP contribution in [0.3, 0.4) is 0 Å². The van der Waals surface area contributed by atoms with E-state index in [0.717, 1.165) is 0 Å². The molecule has 6 rings (SSSR count). The van der Waals surface area contributed by atoms with E-state index in [2.05, 4.69) is 136 Å². The van der Waals surface area contributed by atoms with E-state index in [1.807, 2.05) is 0 Å². The maximum Gasteiger partial charge on any atom is -1.00 e. The Balaban J connectivity index is 0.00000160. The van der Waals surface area contributed by atoms with Crippen molar-refractivity contribution in [1.29, 1.82) is 0 Å². The van der Waals surface area contributed by atoms with E-state index in [1.54, 1.807) is 17.6 Å². The molecule has 3 heteroatoms. The average molecular weight is 601 g/mol. The molecule has 0 radical (unpaired) electrons.